The summed E-state index contributed by atoms with van der Waals surface area (Å²) in [6.45, 7) is 1.85. The molecule has 2 heteroatoms. The van der Waals surface area contributed by atoms with Gasteiger partial charge in [-0.2, -0.15) is 0 Å². The molecular formula is C10H8BrF. The SMILES string of the molecule is Cc1ccc(C#CCBr)c(F)c1. The van der Waals surface area contributed by atoms with Crippen molar-refractivity contribution >= 4 is 15.9 Å². The quantitative estimate of drug-likeness (QED) is 0.472. The second kappa shape index (κ2) is 4.27. The predicted octanol–water partition coefficient (Wildman–Crippen LogP) is 2.88. The second-order valence-corrected chi connectivity index (χ2v) is 2.98. The molecular weight excluding hydrogens is 219 g/mol. The molecule has 0 spiro atoms. The summed E-state index contributed by atoms with van der Waals surface area (Å²) in [4.78, 5) is 0. The van der Waals surface area contributed by atoms with Crippen molar-refractivity contribution in [3.8, 4) is 11.8 Å². The molecule has 0 amide bonds. The first kappa shape index (κ1) is 9.28. The first-order valence-electron chi connectivity index (χ1n) is 3.55. The van der Waals surface area contributed by atoms with Crippen molar-refractivity contribution in [2.75, 3.05) is 5.33 Å². The Labute approximate surface area is 79.9 Å². The zero-order chi connectivity index (χ0) is 8.97. The van der Waals surface area contributed by atoms with Gasteiger partial charge in [-0.15, -0.1) is 0 Å². The predicted molar refractivity (Wildman–Crippen MR) is 51.8 cm³/mol. The Morgan fingerprint density at radius 1 is 1.50 bits per heavy atom. The van der Waals surface area contributed by atoms with Gasteiger partial charge in [0.2, 0.25) is 0 Å². The third kappa shape index (κ3) is 2.35. The lowest BCUT2D eigenvalue weighted by molar-refractivity contribution is 0.623. The van der Waals surface area contributed by atoms with Crippen LogP contribution in [0.4, 0.5) is 4.39 Å². The molecule has 0 bridgehead atoms. The van der Waals surface area contributed by atoms with E-state index in [0.29, 0.717) is 10.9 Å². The van der Waals surface area contributed by atoms with Gasteiger partial charge in [0.1, 0.15) is 5.82 Å². The van der Waals surface area contributed by atoms with Crippen LogP contribution in [0.2, 0.25) is 0 Å². The van der Waals surface area contributed by atoms with Crippen molar-refractivity contribution < 1.29 is 4.39 Å². The molecule has 0 saturated heterocycles. The first-order valence-corrected chi connectivity index (χ1v) is 4.67. The van der Waals surface area contributed by atoms with E-state index in [9.17, 15) is 4.39 Å². The summed E-state index contributed by atoms with van der Waals surface area (Å²) in [5, 5.41) is 0.570. The lowest BCUT2D eigenvalue weighted by Gasteiger charge is -1.94. The maximum absolute atomic E-state index is 13.1. The van der Waals surface area contributed by atoms with Gasteiger partial charge in [0.25, 0.3) is 0 Å². The minimum Gasteiger partial charge on any atom is -0.206 e. The molecule has 1 aromatic carbocycles. The van der Waals surface area contributed by atoms with Crippen LogP contribution >= 0.6 is 15.9 Å². The van der Waals surface area contributed by atoms with Gasteiger partial charge in [0.05, 0.1) is 10.9 Å². The van der Waals surface area contributed by atoms with E-state index >= 15 is 0 Å². The van der Waals surface area contributed by atoms with Crippen molar-refractivity contribution in [2.24, 2.45) is 0 Å². The van der Waals surface area contributed by atoms with Crippen molar-refractivity contribution in [2.45, 2.75) is 6.92 Å². The van der Waals surface area contributed by atoms with E-state index in [2.05, 4.69) is 27.8 Å². The Hall–Kier alpha value is -0.810. The van der Waals surface area contributed by atoms with Crippen LogP contribution in [0.5, 0.6) is 0 Å². The molecule has 0 aromatic heterocycles. The standard InChI is InChI=1S/C10H8BrF/c1-8-4-5-9(3-2-6-11)10(12)7-8/h4-5,7H,6H2,1H3. The summed E-state index contributed by atoms with van der Waals surface area (Å²) >= 11 is 3.15. The largest absolute Gasteiger partial charge is 0.206 e. The van der Waals surface area contributed by atoms with Crippen molar-refractivity contribution in [3.63, 3.8) is 0 Å². The molecule has 1 aromatic rings. The lowest BCUT2D eigenvalue weighted by atomic mass is 10.1. The van der Waals surface area contributed by atoms with E-state index < -0.39 is 0 Å². The van der Waals surface area contributed by atoms with E-state index in [1.165, 1.54) is 6.07 Å². The Morgan fingerprint density at radius 3 is 2.83 bits per heavy atom. The fourth-order valence-corrected chi connectivity index (χ4v) is 0.990. The van der Waals surface area contributed by atoms with Crippen LogP contribution in [-0.4, -0.2) is 5.33 Å². The maximum Gasteiger partial charge on any atom is 0.139 e. The molecule has 12 heavy (non-hydrogen) atoms. The zero-order valence-electron chi connectivity index (χ0n) is 6.70. The van der Waals surface area contributed by atoms with Gasteiger partial charge in [-0.1, -0.05) is 33.8 Å². The van der Waals surface area contributed by atoms with Gasteiger partial charge in [-0.25, -0.2) is 4.39 Å². The van der Waals surface area contributed by atoms with Gasteiger partial charge in [-0.05, 0) is 24.6 Å². The number of alkyl halides is 1. The molecule has 0 unspecified atom stereocenters. The number of hydrogen-bond donors (Lipinski definition) is 0. The molecule has 0 N–H and O–H groups in total. The van der Waals surface area contributed by atoms with E-state index in [1.54, 1.807) is 6.07 Å². The molecule has 1 rings (SSSR count). The normalized spacial score (nSPS) is 8.92. The molecule has 0 saturated carbocycles. The Bertz CT molecular complexity index is 333. The topological polar surface area (TPSA) is 0 Å². The molecule has 0 radical (unpaired) electrons. The molecule has 0 heterocycles. The highest BCUT2D eigenvalue weighted by atomic mass is 79.9. The Morgan fingerprint density at radius 2 is 2.25 bits per heavy atom. The Kier molecular flexibility index (Phi) is 3.31. The highest BCUT2D eigenvalue weighted by Crippen LogP contribution is 2.07. The van der Waals surface area contributed by atoms with Crippen LogP contribution in [0, 0.1) is 24.6 Å². The van der Waals surface area contributed by atoms with E-state index in [4.69, 9.17) is 0 Å². The number of benzene rings is 1. The van der Waals surface area contributed by atoms with Crippen LogP contribution < -0.4 is 0 Å². The Balaban J connectivity index is 3.01. The zero-order valence-corrected chi connectivity index (χ0v) is 8.28. The van der Waals surface area contributed by atoms with Gasteiger partial charge >= 0.3 is 0 Å². The minimum absolute atomic E-state index is 0.247. The molecule has 0 aliphatic rings. The first-order chi connectivity index (χ1) is 5.74. The average molecular weight is 227 g/mol. The average Bonchev–Trinajstić information content (AvgIpc) is 2.03. The van der Waals surface area contributed by atoms with Crippen LogP contribution in [0.25, 0.3) is 0 Å². The maximum atomic E-state index is 13.1. The molecule has 0 aliphatic carbocycles. The van der Waals surface area contributed by atoms with Crippen LogP contribution in [0.1, 0.15) is 11.1 Å². The van der Waals surface area contributed by atoms with Crippen LogP contribution in [0.3, 0.4) is 0 Å². The number of halogens is 2. The molecule has 0 nitrogen and oxygen atoms in total. The highest BCUT2D eigenvalue weighted by molar-refractivity contribution is 9.09. The minimum atomic E-state index is -0.247. The van der Waals surface area contributed by atoms with Gasteiger partial charge in [0, 0.05) is 0 Å². The molecule has 0 aliphatic heterocycles. The smallest absolute Gasteiger partial charge is 0.139 e. The third-order valence-corrected chi connectivity index (χ3v) is 1.69. The lowest BCUT2D eigenvalue weighted by Crippen LogP contribution is -1.84. The summed E-state index contributed by atoms with van der Waals surface area (Å²) < 4.78 is 13.1. The van der Waals surface area contributed by atoms with Gasteiger partial charge in [0.15, 0.2) is 0 Å². The fourth-order valence-electron chi connectivity index (χ4n) is 0.850. The van der Waals surface area contributed by atoms with Crippen LogP contribution in [0.15, 0.2) is 18.2 Å². The van der Waals surface area contributed by atoms with Gasteiger partial charge < -0.3 is 0 Å². The number of rotatable bonds is 0. The monoisotopic (exact) mass is 226 g/mol. The third-order valence-electron chi connectivity index (χ3n) is 1.41. The summed E-state index contributed by atoms with van der Waals surface area (Å²) in [5.41, 5.74) is 1.37. The molecule has 0 atom stereocenters. The summed E-state index contributed by atoms with van der Waals surface area (Å²) in [6.07, 6.45) is 0. The van der Waals surface area contributed by atoms with E-state index in [1.807, 2.05) is 13.0 Å². The fraction of sp³-hybridized carbons (Fsp3) is 0.200. The van der Waals surface area contributed by atoms with E-state index in [-0.39, 0.29) is 5.82 Å². The van der Waals surface area contributed by atoms with Crippen molar-refractivity contribution in [1.29, 1.82) is 0 Å². The summed E-state index contributed by atoms with van der Waals surface area (Å²) in [6, 6.07) is 5.03. The van der Waals surface area contributed by atoms with Crippen molar-refractivity contribution in [1.82, 2.24) is 0 Å². The molecule has 0 fully saturated rings. The summed E-state index contributed by atoms with van der Waals surface area (Å²) in [5.74, 6) is 5.22. The molecule has 62 valence electrons. The van der Waals surface area contributed by atoms with Crippen LogP contribution in [-0.2, 0) is 0 Å². The number of hydrogen-bond acceptors (Lipinski definition) is 0. The second-order valence-electron chi connectivity index (χ2n) is 2.42. The highest BCUT2D eigenvalue weighted by Gasteiger charge is 1.96. The summed E-state index contributed by atoms with van der Waals surface area (Å²) in [7, 11) is 0. The van der Waals surface area contributed by atoms with Crippen molar-refractivity contribution in [3.05, 3.63) is 35.1 Å². The number of aryl methyl sites for hydroxylation is 1. The van der Waals surface area contributed by atoms with E-state index in [0.717, 1.165) is 5.56 Å². The van der Waals surface area contributed by atoms with Gasteiger partial charge in [-0.3, -0.25) is 0 Å².